The highest BCUT2D eigenvalue weighted by molar-refractivity contribution is 6.02. The molecular weight excluding hydrogens is 256 g/mol. The molecule has 1 aromatic carbocycles. The first kappa shape index (κ1) is 13.8. The summed E-state index contributed by atoms with van der Waals surface area (Å²) in [5.74, 6) is -0.204. The molecule has 4 heteroatoms. The molecule has 2 aromatic rings. The lowest BCUT2D eigenvalue weighted by Crippen LogP contribution is -2.09. The Hall–Kier alpha value is -2.62. The molecule has 0 aliphatic heterocycles. The van der Waals surface area contributed by atoms with Crippen LogP contribution in [-0.2, 0) is 0 Å². The molecule has 0 saturated carbocycles. The fourth-order valence-corrected chi connectivity index (χ4v) is 2.13. The van der Waals surface area contributed by atoms with Crippen molar-refractivity contribution >= 4 is 28.9 Å². The Morgan fingerprint density at radius 3 is 2.50 bits per heavy atom. The number of hydrogen-bond acceptors (Lipinski definition) is 4. The fourth-order valence-electron chi connectivity index (χ4n) is 2.13. The lowest BCUT2D eigenvalue weighted by Gasteiger charge is -2.10. The number of ketones is 1. The molecular formula is C16H14O4. The van der Waals surface area contributed by atoms with E-state index in [1.54, 1.807) is 6.92 Å². The molecule has 0 radical (unpaired) electrons. The number of carbonyl (C=O) groups is 1. The first-order chi connectivity index (χ1) is 9.42. The number of fused-ring (bicyclic) bond motifs is 1. The Bertz CT molecular complexity index is 810. The van der Waals surface area contributed by atoms with Crippen molar-refractivity contribution in [1.82, 2.24) is 0 Å². The third-order valence-electron chi connectivity index (χ3n) is 3.22. The molecule has 1 aromatic heterocycles. The number of carbonyl (C=O) groups excluding carboxylic acids is 1. The first-order valence-electron chi connectivity index (χ1n) is 6.01. The Labute approximate surface area is 115 Å². The van der Waals surface area contributed by atoms with Gasteiger partial charge in [-0.2, -0.15) is 0 Å². The van der Waals surface area contributed by atoms with Crippen LogP contribution in [0.5, 0.6) is 5.75 Å². The summed E-state index contributed by atoms with van der Waals surface area (Å²) in [5, 5.41) is 10.3. The van der Waals surface area contributed by atoms with Gasteiger partial charge in [0.15, 0.2) is 5.78 Å². The molecule has 0 spiro atoms. The van der Waals surface area contributed by atoms with E-state index in [1.807, 2.05) is 0 Å². The van der Waals surface area contributed by atoms with Gasteiger partial charge in [0.25, 0.3) is 0 Å². The minimum Gasteiger partial charge on any atom is -0.507 e. The number of hydrogen-bond donors (Lipinski definition) is 1. The normalized spacial score (nSPS) is 10.5. The van der Waals surface area contributed by atoms with E-state index in [9.17, 15) is 14.7 Å². The summed E-state index contributed by atoms with van der Waals surface area (Å²) in [4.78, 5) is 23.9. The smallest absolute Gasteiger partial charge is 0.200 e. The third kappa shape index (κ3) is 1.86. The molecule has 0 fully saturated rings. The molecule has 4 nitrogen and oxygen atoms in total. The van der Waals surface area contributed by atoms with Gasteiger partial charge in [0.1, 0.15) is 17.1 Å². The fraction of sp³-hybridized carbons (Fsp3) is 0.125. The van der Waals surface area contributed by atoms with Crippen LogP contribution in [0.2, 0.25) is 0 Å². The molecule has 0 atom stereocenters. The Morgan fingerprint density at radius 2 is 2.00 bits per heavy atom. The second-order valence-corrected chi connectivity index (χ2v) is 4.45. The highest BCUT2D eigenvalue weighted by Gasteiger charge is 2.18. The van der Waals surface area contributed by atoms with Crippen molar-refractivity contribution in [2.45, 2.75) is 13.8 Å². The largest absolute Gasteiger partial charge is 0.507 e. The van der Waals surface area contributed by atoms with E-state index in [4.69, 9.17) is 4.42 Å². The standard InChI is InChI=1S/C16H14O4/c1-5-10-13(6-2)20-16-8(3)14(18)11(9(4)17)7-12(16)15(10)19/h5-7,18H,1-2H2,3-4H3. The first-order valence-corrected chi connectivity index (χ1v) is 6.01. The van der Waals surface area contributed by atoms with Gasteiger partial charge in [-0.3, -0.25) is 9.59 Å². The van der Waals surface area contributed by atoms with Gasteiger partial charge in [-0.05, 0) is 26.0 Å². The Kier molecular flexibility index (Phi) is 3.32. The summed E-state index contributed by atoms with van der Waals surface area (Å²) in [6.45, 7) is 10.1. The molecule has 0 unspecified atom stereocenters. The molecule has 0 aliphatic rings. The van der Waals surface area contributed by atoms with Gasteiger partial charge in [-0.1, -0.05) is 19.2 Å². The van der Waals surface area contributed by atoms with Crippen LogP contribution in [0.3, 0.4) is 0 Å². The summed E-state index contributed by atoms with van der Waals surface area (Å²) in [6.07, 6.45) is 2.80. The summed E-state index contributed by atoms with van der Waals surface area (Å²) in [7, 11) is 0. The minimum atomic E-state index is -0.320. The lowest BCUT2D eigenvalue weighted by atomic mass is 10.0. The van der Waals surface area contributed by atoms with E-state index in [0.29, 0.717) is 5.56 Å². The maximum absolute atomic E-state index is 12.4. The summed E-state index contributed by atoms with van der Waals surface area (Å²) >= 11 is 0. The maximum Gasteiger partial charge on any atom is 0.200 e. The van der Waals surface area contributed by atoms with Crippen LogP contribution in [0.15, 0.2) is 28.4 Å². The van der Waals surface area contributed by atoms with Gasteiger partial charge in [0, 0.05) is 5.56 Å². The highest BCUT2D eigenvalue weighted by atomic mass is 16.3. The monoisotopic (exact) mass is 270 g/mol. The zero-order valence-corrected chi connectivity index (χ0v) is 11.3. The van der Waals surface area contributed by atoms with E-state index in [1.165, 1.54) is 25.1 Å². The predicted octanol–water partition coefficient (Wildman–Crippen LogP) is 3.30. The number of benzene rings is 1. The quantitative estimate of drug-likeness (QED) is 0.869. The van der Waals surface area contributed by atoms with Gasteiger partial charge in [-0.25, -0.2) is 0 Å². The van der Waals surface area contributed by atoms with E-state index in [2.05, 4.69) is 13.2 Å². The number of aromatic hydroxyl groups is 1. The predicted molar refractivity (Wildman–Crippen MR) is 79.1 cm³/mol. The number of aryl methyl sites for hydroxylation is 1. The number of phenols is 1. The van der Waals surface area contributed by atoms with Crippen LogP contribution in [0.1, 0.15) is 34.2 Å². The highest BCUT2D eigenvalue weighted by Crippen LogP contribution is 2.31. The summed E-state index contributed by atoms with van der Waals surface area (Å²) in [5.41, 5.74) is 0.680. The van der Waals surface area contributed by atoms with Crippen LogP contribution >= 0.6 is 0 Å². The van der Waals surface area contributed by atoms with Gasteiger partial charge < -0.3 is 9.52 Å². The van der Waals surface area contributed by atoms with Crippen LogP contribution in [0, 0.1) is 6.92 Å². The van der Waals surface area contributed by atoms with E-state index in [-0.39, 0.29) is 44.8 Å². The molecule has 1 N–H and O–H groups in total. The van der Waals surface area contributed by atoms with Crippen molar-refractivity contribution < 1.29 is 14.3 Å². The van der Waals surface area contributed by atoms with Gasteiger partial charge in [0.05, 0.1) is 16.5 Å². The van der Waals surface area contributed by atoms with Gasteiger partial charge in [-0.15, -0.1) is 0 Å². The summed E-state index contributed by atoms with van der Waals surface area (Å²) < 4.78 is 5.60. The van der Waals surface area contributed by atoms with E-state index >= 15 is 0 Å². The minimum absolute atomic E-state index is 0.101. The van der Waals surface area contributed by atoms with Crippen molar-refractivity contribution in [1.29, 1.82) is 0 Å². The number of phenolic OH excluding ortho intramolecular Hbond substituents is 1. The van der Waals surface area contributed by atoms with Gasteiger partial charge >= 0.3 is 0 Å². The average Bonchev–Trinajstić information content (AvgIpc) is 2.42. The van der Waals surface area contributed by atoms with Crippen molar-refractivity contribution in [3.05, 3.63) is 51.9 Å². The molecule has 2 rings (SSSR count). The summed E-state index contributed by atoms with van der Waals surface area (Å²) in [6, 6.07) is 1.35. The molecule has 20 heavy (non-hydrogen) atoms. The molecule has 0 bridgehead atoms. The zero-order valence-electron chi connectivity index (χ0n) is 11.3. The second kappa shape index (κ2) is 4.81. The molecule has 0 aliphatic carbocycles. The van der Waals surface area contributed by atoms with Gasteiger partial charge in [0.2, 0.25) is 5.43 Å². The third-order valence-corrected chi connectivity index (χ3v) is 3.22. The number of Topliss-reactive ketones (excluding diaryl/α,β-unsaturated/α-hetero) is 1. The SMILES string of the molecule is C=Cc1oc2c(C)c(O)c(C(C)=O)cc2c(=O)c1C=C. The van der Waals surface area contributed by atoms with Crippen LogP contribution < -0.4 is 5.43 Å². The van der Waals surface area contributed by atoms with Crippen LogP contribution in [0.4, 0.5) is 0 Å². The number of rotatable bonds is 3. The van der Waals surface area contributed by atoms with Crippen LogP contribution in [-0.4, -0.2) is 10.9 Å². The van der Waals surface area contributed by atoms with E-state index in [0.717, 1.165) is 0 Å². The molecule has 0 saturated heterocycles. The van der Waals surface area contributed by atoms with Crippen molar-refractivity contribution in [2.75, 3.05) is 0 Å². The van der Waals surface area contributed by atoms with Crippen molar-refractivity contribution in [3.63, 3.8) is 0 Å². The van der Waals surface area contributed by atoms with E-state index < -0.39 is 0 Å². The lowest BCUT2D eigenvalue weighted by molar-refractivity contribution is 0.101. The molecule has 1 heterocycles. The maximum atomic E-state index is 12.4. The Morgan fingerprint density at radius 1 is 1.35 bits per heavy atom. The van der Waals surface area contributed by atoms with Crippen molar-refractivity contribution in [2.24, 2.45) is 0 Å². The zero-order chi connectivity index (χ0) is 15.0. The molecule has 0 amide bonds. The second-order valence-electron chi connectivity index (χ2n) is 4.45. The topological polar surface area (TPSA) is 67.5 Å². The van der Waals surface area contributed by atoms with Crippen molar-refractivity contribution in [3.8, 4) is 5.75 Å². The Balaban J connectivity index is 3.08. The average molecular weight is 270 g/mol. The van der Waals surface area contributed by atoms with Crippen LogP contribution in [0.25, 0.3) is 23.1 Å². The molecule has 102 valence electrons.